The summed E-state index contributed by atoms with van der Waals surface area (Å²) in [5.41, 5.74) is 3.99. The first-order valence-electron chi connectivity index (χ1n) is 10.9. The normalized spacial score (nSPS) is 17.9. The van der Waals surface area contributed by atoms with Crippen LogP contribution < -0.4 is 14.9 Å². The molecule has 2 aromatic heterocycles. The van der Waals surface area contributed by atoms with Gasteiger partial charge in [-0.05, 0) is 85.0 Å². The van der Waals surface area contributed by atoms with E-state index < -0.39 is 10.0 Å². The Morgan fingerprint density at radius 3 is 2.34 bits per heavy atom. The number of hydrogen-bond acceptors (Lipinski definition) is 5. The molecule has 0 spiro atoms. The summed E-state index contributed by atoms with van der Waals surface area (Å²) >= 11 is 5.78. The molecule has 0 saturated carbocycles. The average Bonchev–Trinajstić information content (AvgIpc) is 3.44. The molecule has 3 heterocycles. The van der Waals surface area contributed by atoms with Crippen LogP contribution in [-0.4, -0.2) is 34.4 Å². The molecule has 0 bridgehead atoms. The molecule has 8 nitrogen and oxygen atoms in total. The maximum Gasteiger partial charge on any atom is 0.229 e. The van der Waals surface area contributed by atoms with Gasteiger partial charge in [0.05, 0.1) is 18.0 Å². The SMILES string of the molecule is CS(=O)(=O)Nc1ccc(N2C(=S)N[C@@H](c3ccccn3)[C@@H]2c2cccn2-c2ccc(O)cc2)cc1. The van der Waals surface area contributed by atoms with E-state index in [1.807, 2.05) is 65.7 Å². The maximum atomic E-state index is 11.6. The Balaban J connectivity index is 1.60. The summed E-state index contributed by atoms with van der Waals surface area (Å²) in [7, 11) is -3.38. The van der Waals surface area contributed by atoms with Crippen molar-refractivity contribution in [3.05, 3.63) is 103 Å². The summed E-state index contributed by atoms with van der Waals surface area (Å²) in [6, 6.07) is 23.4. The van der Waals surface area contributed by atoms with E-state index in [0.717, 1.165) is 29.0 Å². The zero-order valence-corrected chi connectivity index (χ0v) is 20.4. The molecule has 0 radical (unpaired) electrons. The van der Waals surface area contributed by atoms with Crippen molar-refractivity contribution >= 4 is 38.7 Å². The highest BCUT2D eigenvalue weighted by Gasteiger charge is 2.42. The molecule has 5 rings (SSSR count). The van der Waals surface area contributed by atoms with E-state index in [-0.39, 0.29) is 17.8 Å². The highest BCUT2D eigenvalue weighted by Crippen LogP contribution is 2.42. The van der Waals surface area contributed by atoms with Crippen LogP contribution >= 0.6 is 12.2 Å². The number of benzene rings is 2. The average molecular weight is 506 g/mol. The van der Waals surface area contributed by atoms with Crippen LogP contribution in [-0.2, 0) is 10.0 Å². The van der Waals surface area contributed by atoms with Crippen LogP contribution in [0.4, 0.5) is 11.4 Å². The first kappa shape index (κ1) is 22.9. The number of phenolic OH excluding ortho intramolecular Hbond substituents is 1. The molecule has 10 heteroatoms. The van der Waals surface area contributed by atoms with Crippen molar-refractivity contribution in [2.75, 3.05) is 15.9 Å². The number of phenols is 1. The Labute approximate surface area is 208 Å². The van der Waals surface area contributed by atoms with Crippen LogP contribution in [0, 0.1) is 0 Å². The number of hydrogen-bond donors (Lipinski definition) is 3. The molecule has 178 valence electrons. The fourth-order valence-corrected chi connectivity index (χ4v) is 5.23. The largest absolute Gasteiger partial charge is 0.508 e. The fourth-order valence-electron chi connectivity index (χ4n) is 4.32. The Morgan fingerprint density at radius 2 is 1.69 bits per heavy atom. The Hall–Kier alpha value is -3.89. The Morgan fingerprint density at radius 1 is 0.971 bits per heavy atom. The third kappa shape index (κ3) is 4.71. The van der Waals surface area contributed by atoms with Crippen molar-refractivity contribution in [1.82, 2.24) is 14.9 Å². The Bertz CT molecular complexity index is 1450. The molecule has 4 aromatic rings. The molecule has 1 aliphatic rings. The van der Waals surface area contributed by atoms with E-state index in [4.69, 9.17) is 12.2 Å². The number of nitrogens with zero attached hydrogens (tertiary/aromatic N) is 3. The molecule has 3 N–H and O–H groups in total. The molecule has 2 atom stereocenters. The maximum absolute atomic E-state index is 11.6. The van der Waals surface area contributed by atoms with Crippen LogP contribution in [0.15, 0.2) is 91.3 Å². The molecule has 1 aliphatic heterocycles. The van der Waals surface area contributed by atoms with Crippen molar-refractivity contribution < 1.29 is 13.5 Å². The summed E-state index contributed by atoms with van der Waals surface area (Å²) < 4.78 is 27.8. The highest BCUT2D eigenvalue weighted by molar-refractivity contribution is 7.92. The summed E-state index contributed by atoms with van der Waals surface area (Å²) in [5.74, 6) is 0.196. The van der Waals surface area contributed by atoms with Gasteiger partial charge in [-0.15, -0.1) is 0 Å². The lowest BCUT2D eigenvalue weighted by atomic mass is 10.0. The van der Waals surface area contributed by atoms with Gasteiger partial charge in [0.25, 0.3) is 0 Å². The smallest absolute Gasteiger partial charge is 0.229 e. The van der Waals surface area contributed by atoms with Crippen molar-refractivity contribution in [2.45, 2.75) is 12.1 Å². The van der Waals surface area contributed by atoms with Crippen LogP contribution in [0.2, 0.25) is 0 Å². The minimum absolute atomic E-state index is 0.196. The van der Waals surface area contributed by atoms with E-state index in [1.54, 1.807) is 30.5 Å². The third-order valence-corrected chi connectivity index (χ3v) is 6.68. The quantitative estimate of drug-likeness (QED) is 0.339. The number of nitrogens with one attached hydrogen (secondary N) is 2. The van der Waals surface area contributed by atoms with Gasteiger partial charge in [0.15, 0.2) is 5.11 Å². The number of aromatic hydroxyl groups is 1. The first-order chi connectivity index (χ1) is 16.8. The highest BCUT2D eigenvalue weighted by atomic mass is 32.2. The lowest BCUT2D eigenvalue weighted by Gasteiger charge is -2.29. The van der Waals surface area contributed by atoms with E-state index >= 15 is 0 Å². The van der Waals surface area contributed by atoms with Crippen LogP contribution in [0.5, 0.6) is 5.75 Å². The second-order valence-electron chi connectivity index (χ2n) is 8.24. The van der Waals surface area contributed by atoms with Gasteiger partial charge in [-0.1, -0.05) is 6.07 Å². The summed E-state index contributed by atoms with van der Waals surface area (Å²) in [4.78, 5) is 6.60. The third-order valence-electron chi connectivity index (χ3n) is 5.76. The van der Waals surface area contributed by atoms with Crippen LogP contribution in [0.1, 0.15) is 23.5 Å². The monoisotopic (exact) mass is 505 g/mol. The van der Waals surface area contributed by atoms with Gasteiger partial charge in [-0.3, -0.25) is 9.71 Å². The van der Waals surface area contributed by atoms with Gasteiger partial charge < -0.3 is 19.9 Å². The second kappa shape index (κ2) is 9.05. The first-order valence-corrected chi connectivity index (χ1v) is 13.2. The van der Waals surface area contributed by atoms with E-state index in [9.17, 15) is 13.5 Å². The molecule has 35 heavy (non-hydrogen) atoms. The molecule has 1 fully saturated rings. The van der Waals surface area contributed by atoms with Gasteiger partial charge in [0, 0.05) is 35.1 Å². The number of pyridine rings is 1. The fraction of sp³-hybridized carbons (Fsp3) is 0.120. The predicted molar refractivity (Wildman–Crippen MR) is 140 cm³/mol. The number of thiocarbonyl (C=S) groups is 1. The molecule has 0 unspecified atom stereocenters. The Kier molecular flexibility index (Phi) is 5.91. The lowest BCUT2D eigenvalue weighted by Crippen LogP contribution is -2.30. The number of rotatable bonds is 6. The summed E-state index contributed by atoms with van der Waals surface area (Å²) in [6.07, 6.45) is 4.84. The zero-order valence-electron chi connectivity index (χ0n) is 18.7. The van der Waals surface area contributed by atoms with Crippen molar-refractivity contribution in [2.24, 2.45) is 0 Å². The second-order valence-corrected chi connectivity index (χ2v) is 10.4. The van der Waals surface area contributed by atoms with E-state index in [0.29, 0.717) is 10.8 Å². The topological polar surface area (TPSA) is 99.5 Å². The van der Waals surface area contributed by atoms with Gasteiger partial charge >= 0.3 is 0 Å². The van der Waals surface area contributed by atoms with Crippen molar-refractivity contribution in [3.63, 3.8) is 0 Å². The molecule has 1 saturated heterocycles. The summed E-state index contributed by atoms with van der Waals surface area (Å²) in [5, 5.41) is 13.7. The number of anilines is 2. The molecular formula is C25H23N5O3S2. The van der Waals surface area contributed by atoms with Crippen LogP contribution in [0.3, 0.4) is 0 Å². The van der Waals surface area contributed by atoms with Crippen LogP contribution in [0.25, 0.3) is 5.69 Å². The standard InChI is InChI=1S/C25H23N5O3S2/c1-35(32,33)28-17-7-9-19(10-8-17)30-24(23(27-25(30)34)21-5-2-3-15-26-21)22-6-4-16-29(22)18-11-13-20(31)14-12-18/h2-16,23-24,28,31H,1H3,(H,27,34)/t23-,24-/m0/s1. The summed E-state index contributed by atoms with van der Waals surface area (Å²) in [6.45, 7) is 0. The number of sulfonamides is 1. The lowest BCUT2D eigenvalue weighted by molar-refractivity contribution is 0.475. The van der Waals surface area contributed by atoms with E-state index in [2.05, 4.69) is 19.6 Å². The zero-order chi connectivity index (χ0) is 24.6. The van der Waals surface area contributed by atoms with Crippen molar-refractivity contribution in [1.29, 1.82) is 0 Å². The minimum atomic E-state index is -3.38. The molecule has 0 aliphatic carbocycles. The van der Waals surface area contributed by atoms with Gasteiger partial charge in [-0.25, -0.2) is 8.42 Å². The van der Waals surface area contributed by atoms with Gasteiger partial charge in [0.2, 0.25) is 10.0 Å². The predicted octanol–water partition coefficient (Wildman–Crippen LogP) is 4.13. The molecule has 0 amide bonds. The van der Waals surface area contributed by atoms with E-state index in [1.165, 1.54) is 0 Å². The molecular weight excluding hydrogens is 482 g/mol. The van der Waals surface area contributed by atoms with Gasteiger partial charge in [0.1, 0.15) is 11.8 Å². The molecule has 2 aromatic carbocycles. The van der Waals surface area contributed by atoms with Gasteiger partial charge in [-0.2, -0.15) is 0 Å². The number of aromatic nitrogens is 2. The van der Waals surface area contributed by atoms with Crippen molar-refractivity contribution in [3.8, 4) is 11.4 Å². The minimum Gasteiger partial charge on any atom is -0.508 e.